The highest BCUT2D eigenvalue weighted by molar-refractivity contribution is 7.13. The number of carbonyl (C=O) groups is 3. The molecule has 1 saturated heterocycles. The Morgan fingerprint density at radius 3 is 2.16 bits per heavy atom. The largest absolute Gasteiger partial charge is 0.507 e. The minimum atomic E-state index is -0.915. The number of aliphatic hydroxyl groups excluding tert-OH is 1. The zero-order chi connectivity index (χ0) is 52.7. The van der Waals surface area contributed by atoms with Crippen LogP contribution in [-0.2, 0) is 52.9 Å². The highest BCUT2D eigenvalue weighted by Gasteiger charge is 2.46. The van der Waals surface area contributed by atoms with Crippen LogP contribution >= 0.6 is 11.3 Å². The molecule has 0 saturated carbocycles. The summed E-state index contributed by atoms with van der Waals surface area (Å²) in [6.07, 6.45) is 2.76. The fraction of sp³-hybridized carbons (Fsp3) is 0.426. The molecule has 8 rings (SSSR count). The van der Waals surface area contributed by atoms with Crippen LogP contribution in [0.4, 0.5) is 5.82 Å². The molecule has 0 aliphatic carbocycles. The van der Waals surface area contributed by atoms with Crippen molar-refractivity contribution in [1.29, 1.82) is 0 Å². The number of thiazole rings is 1. The number of aromatic nitrogens is 5. The van der Waals surface area contributed by atoms with E-state index >= 15 is 0 Å². The van der Waals surface area contributed by atoms with Crippen LogP contribution in [0.25, 0.3) is 32.8 Å². The number of nitrogens with zero attached hydrogens (tertiary/aromatic N) is 7. The number of phenolic OH excluding ortho intramolecular Hbond substituents is 1. The number of ether oxygens (including phenoxy) is 6. The van der Waals surface area contributed by atoms with E-state index in [9.17, 15) is 24.6 Å². The first-order valence-electron chi connectivity index (χ1n) is 25.1. The first-order valence-corrected chi connectivity index (χ1v) is 26.0. The van der Waals surface area contributed by atoms with E-state index in [-0.39, 0.29) is 55.4 Å². The number of carbonyl (C=O) groups excluding carboxylic acids is 3. The number of fused-ring (bicyclic) bond motifs is 1. The predicted octanol–water partition coefficient (Wildman–Crippen LogP) is 5.15. The Labute approximate surface area is 439 Å². The first-order chi connectivity index (χ1) is 36.5. The van der Waals surface area contributed by atoms with Gasteiger partial charge in [0.15, 0.2) is 5.82 Å². The molecule has 3 aromatic heterocycles. The van der Waals surface area contributed by atoms with Crippen molar-refractivity contribution in [2.45, 2.75) is 65.0 Å². The molecule has 21 heteroatoms. The topological polar surface area (TPSA) is 248 Å². The van der Waals surface area contributed by atoms with Crippen molar-refractivity contribution in [3.8, 4) is 44.3 Å². The second-order valence-electron chi connectivity index (χ2n) is 18.4. The molecule has 3 amide bonds. The van der Waals surface area contributed by atoms with Crippen molar-refractivity contribution in [3.05, 3.63) is 113 Å². The van der Waals surface area contributed by atoms with Gasteiger partial charge in [-0.2, -0.15) is 5.10 Å². The molecule has 398 valence electrons. The fourth-order valence-corrected chi connectivity index (χ4v) is 9.84. The van der Waals surface area contributed by atoms with Gasteiger partial charge in [-0.25, -0.2) is 4.98 Å². The molecule has 1 unspecified atom stereocenters. The van der Waals surface area contributed by atoms with E-state index in [2.05, 4.69) is 25.6 Å². The van der Waals surface area contributed by atoms with Crippen molar-refractivity contribution in [2.24, 2.45) is 5.92 Å². The van der Waals surface area contributed by atoms with E-state index in [4.69, 9.17) is 34.2 Å². The third-order valence-corrected chi connectivity index (χ3v) is 13.8. The number of hydrogen-bond donors (Lipinski definition) is 4. The molecular formula is C54H65N9O11S. The minimum absolute atomic E-state index is 0.00492. The first kappa shape index (κ1) is 54.4. The predicted molar refractivity (Wildman–Crippen MR) is 280 cm³/mol. The van der Waals surface area contributed by atoms with Crippen LogP contribution in [0.2, 0.25) is 0 Å². The lowest BCUT2D eigenvalue weighted by Crippen LogP contribution is -2.55. The molecule has 0 radical (unpaired) electrons. The second kappa shape index (κ2) is 26.6. The van der Waals surface area contributed by atoms with Crippen LogP contribution in [-0.4, -0.2) is 160 Å². The van der Waals surface area contributed by atoms with E-state index in [1.807, 2.05) is 63.4 Å². The number of anilines is 1. The van der Waals surface area contributed by atoms with Crippen LogP contribution in [0, 0.1) is 12.8 Å². The van der Waals surface area contributed by atoms with E-state index in [1.54, 1.807) is 57.7 Å². The number of aromatic hydroxyl groups is 1. The lowest BCUT2D eigenvalue weighted by Gasteiger charge is -2.35. The number of nitrogen functional groups attached to an aromatic ring is 1. The molecule has 2 aliphatic heterocycles. The monoisotopic (exact) mass is 1050 g/mol. The van der Waals surface area contributed by atoms with Crippen molar-refractivity contribution in [2.75, 3.05) is 85.0 Å². The molecule has 0 bridgehead atoms. The number of rotatable bonds is 28. The summed E-state index contributed by atoms with van der Waals surface area (Å²) in [6, 6.07) is 20.1. The number of hydrogen-bond acceptors (Lipinski definition) is 17. The number of phenols is 1. The highest BCUT2D eigenvalue weighted by atomic mass is 32.1. The van der Waals surface area contributed by atoms with Gasteiger partial charge >= 0.3 is 0 Å². The second-order valence-corrected chi connectivity index (χ2v) is 19.3. The summed E-state index contributed by atoms with van der Waals surface area (Å²) >= 11 is 1.52. The third kappa shape index (κ3) is 14.1. The van der Waals surface area contributed by atoms with Gasteiger partial charge in [0.05, 0.1) is 107 Å². The van der Waals surface area contributed by atoms with Crippen molar-refractivity contribution < 1.29 is 53.0 Å². The zero-order valence-electron chi connectivity index (χ0n) is 42.5. The Hall–Kier alpha value is -6.85. The van der Waals surface area contributed by atoms with E-state index in [1.165, 1.54) is 16.2 Å². The van der Waals surface area contributed by atoms with Crippen LogP contribution < -0.4 is 15.8 Å². The van der Waals surface area contributed by atoms with E-state index in [0.29, 0.717) is 107 Å². The standard InChI is InChI=1S/C54H65N9O11S/c1-35(2)49(63-32-39-8-4-5-9-42(39)53(63)67)54(68)62-33-41(64)27-46(62)52(66)56-29-38-13-12-37(50-36(3)57-34-75-50)26-48(38)74-25-24-73-23-22-72-21-20-71-19-18-70-17-16-69-15-14-61-31-40(30-58-61)44-28-45(59-60-51(44)55)43-10-6-7-11-47(43)65/h4-13,26,28,30-31,34-35,41,46,49,64-65H,14-25,27,29,32-33H2,1-3H3,(H2,55,60)(H,56,66)/t41-,46+,49?/m1/s1. The molecule has 5 N–H and O–H groups in total. The molecule has 1 fully saturated rings. The summed E-state index contributed by atoms with van der Waals surface area (Å²) in [5.74, 6) is -0.274. The van der Waals surface area contributed by atoms with Gasteiger partial charge in [0.1, 0.15) is 30.2 Å². The van der Waals surface area contributed by atoms with Gasteiger partial charge in [-0.3, -0.25) is 19.1 Å². The number of amides is 3. The van der Waals surface area contributed by atoms with Crippen LogP contribution in [0.1, 0.15) is 47.4 Å². The number of benzene rings is 3. The fourth-order valence-electron chi connectivity index (χ4n) is 9.04. The molecule has 0 spiro atoms. The molecule has 6 aromatic rings. The summed E-state index contributed by atoms with van der Waals surface area (Å²) in [6.45, 7) is 10.8. The summed E-state index contributed by atoms with van der Waals surface area (Å²) in [4.78, 5) is 50.0. The van der Waals surface area contributed by atoms with Crippen molar-refractivity contribution >= 4 is 34.9 Å². The SMILES string of the molecule is Cc1ncsc1-c1ccc(CNC(=O)[C@@H]2C[C@@H](O)CN2C(=O)C(C(C)C)N2Cc3ccccc3C2=O)c(OCCOCCOCCOCCOCCOCCn2cc(-c3cc(-c4ccccc4O)nnc3N)cn2)c1. The van der Waals surface area contributed by atoms with Gasteiger partial charge < -0.3 is 59.5 Å². The normalized spacial score (nSPS) is 15.7. The van der Waals surface area contributed by atoms with Gasteiger partial charge in [0, 0.05) is 60.1 Å². The lowest BCUT2D eigenvalue weighted by atomic mass is 10.0. The average Bonchev–Trinajstić information content (AvgIpc) is 4.23. The third-order valence-electron chi connectivity index (χ3n) is 12.8. The van der Waals surface area contributed by atoms with Gasteiger partial charge in [0.2, 0.25) is 11.8 Å². The number of aryl methyl sites for hydroxylation is 1. The van der Waals surface area contributed by atoms with Crippen LogP contribution in [0.5, 0.6) is 11.5 Å². The number of aliphatic hydroxyl groups is 1. The number of nitrogens with two attached hydrogens (primary N) is 1. The molecule has 75 heavy (non-hydrogen) atoms. The zero-order valence-corrected chi connectivity index (χ0v) is 43.3. The Morgan fingerprint density at radius 2 is 1.49 bits per heavy atom. The highest BCUT2D eigenvalue weighted by Crippen LogP contribution is 2.35. The smallest absolute Gasteiger partial charge is 0.255 e. The molecule has 5 heterocycles. The number of para-hydroxylation sites is 1. The van der Waals surface area contributed by atoms with Crippen LogP contribution in [0.15, 0.2) is 90.7 Å². The van der Waals surface area contributed by atoms with Gasteiger partial charge in [-0.05, 0) is 54.3 Å². The number of β-amino-alcohol motifs (C(OH)–C–C–N with tert-alkyl or cyclic N) is 1. The average molecular weight is 1050 g/mol. The Bertz CT molecular complexity index is 2860. The Morgan fingerprint density at radius 1 is 0.827 bits per heavy atom. The molecule has 2 aliphatic rings. The summed E-state index contributed by atoms with van der Waals surface area (Å²) in [7, 11) is 0. The maximum atomic E-state index is 14.2. The Balaban J connectivity index is 0.692. The number of likely N-dealkylation sites (tertiary alicyclic amines) is 1. The maximum absolute atomic E-state index is 14.2. The van der Waals surface area contributed by atoms with E-state index < -0.39 is 24.1 Å². The van der Waals surface area contributed by atoms with E-state index in [0.717, 1.165) is 32.8 Å². The lowest BCUT2D eigenvalue weighted by molar-refractivity contribution is -0.143. The van der Waals surface area contributed by atoms with Gasteiger partial charge in [-0.1, -0.05) is 56.3 Å². The van der Waals surface area contributed by atoms with Crippen molar-refractivity contribution in [3.63, 3.8) is 0 Å². The maximum Gasteiger partial charge on any atom is 0.255 e. The van der Waals surface area contributed by atoms with Gasteiger partial charge in [-0.15, -0.1) is 21.5 Å². The Kier molecular flexibility index (Phi) is 19.3. The summed E-state index contributed by atoms with van der Waals surface area (Å²) in [5.41, 5.74) is 14.4. The van der Waals surface area contributed by atoms with Gasteiger partial charge in [0.25, 0.3) is 5.91 Å². The molecule has 20 nitrogen and oxygen atoms in total. The number of nitrogens with one attached hydrogen (secondary N) is 1. The van der Waals surface area contributed by atoms with Crippen molar-refractivity contribution in [1.82, 2.24) is 40.1 Å². The summed E-state index contributed by atoms with van der Waals surface area (Å²) in [5, 5.41) is 36.6. The summed E-state index contributed by atoms with van der Waals surface area (Å²) < 4.78 is 36.4. The molecule has 3 aromatic carbocycles. The quantitative estimate of drug-likeness (QED) is 0.0464. The minimum Gasteiger partial charge on any atom is -0.507 e. The molecule has 3 atom stereocenters. The molecular weight excluding hydrogens is 983 g/mol. The van der Waals surface area contributed by atoms with Crippen LogP contribution in [0.3, 0.4) is 0 Å².